The second-order valence-corrected chi connectivity index (χ2v) is 5.96. The Bertz CT molecular complexity index is 529. The largest absolute Gasteiger partial charge is 0.394 e. The fourth-order valence-corrected chi connectivity index (χ4v) is 2.62. The van der Waals surface area contributed by atoms with E-state index in [0.29, 0.717) is 5.92 Å². The molecule has 1 atom stereocenters. The number of nitrogens with two attached hydrogens (primary N) is 1. The Morgan fingerprint density at radius 1 is 1.42 bits per heavy atom. The van der Waals surface area contributed by atoms with E-state index in [2.05, 4.69) is 36.2 Å². The minimum Gasteiger partial charge on any atom is -0.394 e. The molecule has 3 N–H and O–H groups in total. The molecule has 1 unspecified atom stereocenters. The number of aryl methyl sites for hydroxylation is 1. The minimum atomic E-state index is 0.286. The molecule has 2 aromatic heterocycles. The summed E-state index contributed by atoms with van der Waals surface area (Å²) in [5.74, 6) is 1.27. The lowest BCUT2D eigenvalue weighted by Crippen LogP contribution is -2.15. The van der Waals surface area contributed by atoms with Crippen molar-refractivity contribution >= 4 is 22.8 Å². The fourth-order valence-electron chi connectivity index (χ4n) is 1.93. The van der Waals surface area contributed by atoms with Crippen LogP contribution in [0.25, 0.3) is 0 Å². The Morgan fingerprint density at radius 3 is 2.74 bits per heavy atom. The maximum absolute atomic E-state index is 6.09. The fraction of sp³-hybridized carbons (Fsp3) is 0.538. The van der Waals surface area contributed by atoms with Crippen molar-refractivity contribution in [2.45, 2.75) is 39.7 Å². The highest BCUT2D eigenvalue weighted by molar-refractivity contribution is 7.09. The van der Waals surface area contributed by atoms with E-state index in [1.54, 1.807) is 11.3 Å². The van der Waals surface area contributed by atoms with Gasteiger partial charge in [0.2, 0.25) is 0 Å². The highest BCUT2D eigenvalue weighted by Crippen LogP contribution is 2.27. The molecule has 0 saturated heterocycles. The summed E-state index contributed by atoms with van der Waals surface area (Å²) in [6.07, 6.45) is 1.84. The van der Waals surface area contributed by atoms with Gasteiger partial charge in [0.15, 0.2) is 0 Å². The second kappa shape index (κ2) is 5.61. The lowest BCUT2D eigenvalue weighted by Gasteiger charge is -2.15. The Morgan fingerprint density at radius 2 is 2.16 bits per heavy atom. The van der Waals surface area contributed by atoms with Gasteiger partial charge >= 0.3 is 0 Å². The highest BCUT2D eigenvalue weighted by atomic mass is 32.1. The van der Waals surface area contributed by atoms with Crippen LogP contribution in [0.2, 0.25) is 0 Å². The zero-order valence-electron chi connectivity index (χ0n) is 11.8. The summed E-state index contributed by atoms with van der Waals surface area (Å²) in [6, 6.07) is 0.286. The van der Waals surface area contributed by atoms with Gasteiger partial charge in [0.25, 0.3) is 0 Å². The number of nitrogen functional groups attached to an aromatic ring is 1. The summed E-state index contributed by atoms with van der Waals surface area (Å²) < 4.78 is 1.94. The first-order valence-electron chi connectivity index (χ1n) is 6.48. The molecule has 104 valence electrons. The van der Waals surface area contributed by atoms with Crippen LogP contribution in [0.15, 0.2) is 11.6 Å². The quantitative estimate of drug-likeness (QED) is 0.882. The van der Waals surface area contributed by atoms with Gasteiger partial charge in [-0.05, 0) is 20.8 Å². The topological polar surface area (TPSA) is 68.8 Å². The zero-order valence-corrected chi connectivity index (χ0v) is 12.7. The predicted molar refractivity (Wildman–Crippen MR) is 80.8 cm³/mol. The van der Waals surface area contributed by atoms with Gasteiger partial charge in [0.1, 0.15) is 5.82 Å². The standard InChI is InChI=1S/C13H21N5S/c1-8(2)18-12(11(14)10(4)17-18)16-7-9(3)13-15-5-6-19-13/h5-6,8-9,16H,7,14H2,1-4H3. The van der Waals surface area contributed by atoms with Crippen molar-refractivity contribution < 1.29 is 0 Å². The maximum Gasteiger partial charge on any atom is 0.148 e. The van der Waals surface area contributed by atoms with Crippen LogP contribution in [-0.2, 0) is 0 Å². The van der Waals surface area contributed by atoms with Crippen molar-refractivity contribution in [1.29, 1.82) is 0 Å². The maximum atomic E-state index is 6.09. The Kier molecular flexibility index (Phi) is 4.09. The average Bonchev–Trinajstić information content (AvgIpc) is 2.97. The number of thiazole rings is 1. The van der Waals surface area contributed by atoms with Crippen LogP contribution in [-0.4, -0.2) is 21.3 Å². The Hall–Kier alpha value is -1.56. The first-order chi connectivity index (χ1) is 9.00. The van der Waals surface area contributed by atoms with Crippen molar-refractivity contribution in [3.8, 4) is 0 Å². The first kappa shape index (κ1) is 13.9. The molecule has 0 aromatic carbocycles. The van der Waals surface area contributed by atoms with E-state index in [1.165, 1.54) is 0 Å². The highest BCUT2D eigenvalue weighted by Gasteiger charge is 2.16. The Balaban J connectivity index is 2.11. The van der Waals surface area contributed by atoms with Crippen molar-refractivity contribution in [3.05, 3.63) is 22.3 Å². The van der Waals surface area contributed by atoms with Crippen molar-refractivity contribution in [3.63, 3.8) is 0 Å². The van der Waals surface area contributed by atoms with Crippen LogP contribution < -0.4 is 11.1 Å². The summed E-state index contributed by atoms with van der Waals surface area (Å²) in [4.78, 5) is 4.34. The molecule has 0 spiro atoms. The number of hydrogen-bond donors (Lipinski definition) is 2. The van der Waals surface area contributed by atoms with Gasteiger partial charge in [-0.3, -0.25) is 0 Å². The van der Waals surface area contributed by atoms with Gasteiger partial charge in [-0.25, -0.2) is 9.67 Å². The molecule has 0 fully saturated rings. The minimum absolute atomic E-state index is 0.286. The van der Waals surface area contributed by atoms with Crippen LogP contribution in [0.3, 0.4) is 0 Å². The predicted octanol–water partition coefficient (Wildman–Crippen LogP) is 3.03. The van der Waals surface area contributed by atoms with Crippen LogP contribution in [0.1, 0.15) is 43.4 Å². The van der Waals surface area contributed by atoms with Crippen molar-refractivity contribution in [1.82, 2.24) is 14.8 Å². The van der Waals surface area contributed by atoms with E-state index in [9.17, 15) is 0 Å². The number of anilines is 2. The van der Waals surface area contributed by atoms with Crippen molar-refractivity contribution in [2.75, 3.05) is 17.6 Å². The van der Waals surface area contributed by atoms with Gasteiger partial charge in [0, 0.05) is 30.1 Å². The van der Waals surface area contributed by atoms with Gasteiger partial charge < -0.3 is 11.1 Å². The number of nitrogens with zero attached hydrogens (tertiary/aromatic N) is 3. The molecule has 0 aliphatic heterocycles. The monoisotopic (exact) mass is 279 g/mol. The summed E-state index contributed by atoms with van der Waals surface area (Å²) in [6.45, 7) is 9.09. The summed E-state index contributed by atoms with van der Waals surface area (Å²) in [5.41, 5.74) is 7.70. The van der Waals surface area contributed by atoms with Crippen LogP contribution in [0, 0.1) is 6.92 Å². The van der Waals surface area contributed by atoms with Crippen LogP contribution in [0.4, 0.5) is 11.5 Å². The first-order valence-corrected chi connectivity index (χ1v) is 7.36. The number of rotatable bonds is 5. The van der Waals surface area contributed by atoms with Crippen LogP contribution >= 0.6 is 11.3 Å². The van der Waals surface area contributed by atoms with Crippen LogP contribution in [0.5, 0.6) is 0 Å². The van der Waals surface area contributed by atoms with E-state index in [4.69, 9.17) is 5.73 Å². The molecule has 0 saturated carbocycles. The van der Waals surface area contributed by atoms with E-state index >= 15 is 0 Å². The molecule has 2 heterocycles. The third kappa shape index (κ3) is 2.89. The Labute approximate surface area is 117 Å². The summed E-state index contributed by atoms with van der Waals surface area (Å²) >= 11 is 1.68. The molecule has 0 amide bonds. The van der Waals surface area contributed by atoms with Gasteiger partial charge in [-0.15, -0.1) is 11.3 Å². The van der Waals surface area contributed by atoms with E-state index in [1.807, 2.05) is 23.2 Å². The molecule has 0 bridgehead atoms. The van der Waals surface area contributed by atoms with Gasteiger partial charge in [0.05, 0.1) is 16.4 Å². The molecule has 5 nitrogen and oxygen atoms in total. The van der Waals surface area contributed by atoms with Crippen molar-refractivity contribution in [2.24, 2.45) is 0 Å². The second-order valence-electron chi connectivity index (χ2n) is 5.04. The molecule has 0 aliphatic carbocycles. The number of aromatic nitrogens is 3. The molecular weight excluding hydrogens is 258 g/mol. The summed E-state index contributed by atoms with van der Waals surface area (Å²) in [7, 11) is 0. The van der Waals surface area contributed by atoms with E-state index < -0.39 is 0 Å². The smallest absolute Gasteiger partial charge is 0.148 e. The molecule has 0 radical (unpaired) electrons. The lowest BCUT2D eigenvalue weighted by molar-refractivity contribution is 0.533. The third-order valence-electron chi connectivity index (χ3n) is 3.07. The molecule has 0 aliphatic rings. The average molecular weight is 279 g/mol. The van der Waals surface area contributed by atoms with Gasteiger partial charge in [-0.2, -0.15) is 5.10 Å². The lowest BCUT2D eigenvalue weighted by atomic mass is 10.2. The van der Waals surface area contributed by atoms with E-state index in [0.717, 1.165) is 28.8 Å². The molecule has 2 aromatic rings. The zero-order chi connectivity index (χ0) is 14.0. The molecule has 19 heavy (non-hydrogen) atoms. The summed E-state index contributed by atoms with van der Waals surface area (Å²) in [5, 5.41) is 11.0. The molecular formula is C13H21N5S. The number of nitrogens with one attached hydrogen (secondary N) is 1. The molecule has 2 rings (SSSR count). The normalized spacial score (nSPS) is 12.9. The third-order valence-corrected chi connectivity index (χ3v) is 4.08. The number of hydrogen-bond acceptors (Lipinski definition) is 5. The molecule has 6 heteroatoms. The van der Waals surface area contributed by atoms with Gasteiger partial charge in [-0.1, -0.05) is 6.92 Å². The SMILES string of the molecule is Cc1nn(C(C)C)c(NCC(C)c2nccs2)c1N. The van der Waals surface area contributed by atoms with E-state index in [-0.39, 0.29) is 6.04 Å².